The normalized spacial score (nSPS) is 12.3. The highest BCUT2D eigenvalue weighted by Gasteiger charge is 2.35. The Balaban J connectivity index is 1.92. The first-order chi connectivity index (χ1) is 15.3. The van der Waals surface area contributed by atoms with Gasteiger partial charge in [-0.15, -0.1) is 11.3 Å². The summed E-state index contributed by atoms with van der Waals surface area (Å²) in [4.78, 5) is 14.9. The number of halogens is 3. The average molecular weight is 503 g/mol. The minimum absolute atomic E-state index is 0.0835. The van der Waals surface area contributed by atoms with E-state index in [0.29, 0.717) is 21.9 Å². The SMILES string of the molecule is CN(C)CCOC(=O)Cn1nc(C(F)(F)F)cc1-c1ccc(-c2cccc(S(N)(=O)=O)c2)s1. The first kappa shape index (κ1) is 24.9. The number of benzene rings is 1. The van der Waals surface area contributed by atoms with Gasteiger partial charge in [0.2, 0.25) is 10.0 Å². The van der Waals surface area contributed by atoms with Gasteiger partial charge in [-0.25, -0.2) is 13.6 Å². The number of rotatable bonds is 8. The van der Waals surface area contributed by atoms with Crippen LogP contribution in [0.3, 0.4) is 0 Å². The highest BCUT2D eigenvalue weighted by Crippen LogP contribution is 2.37. The second-order valence-electron chi connectivity index (χ2n) is 7.33. The van der Waals surface area contributed by atoms with Crippen LogP contribution >= 0.6 is 11.3 Å². The zero-order chi connectivity index (χ0) is 24.4. The lowest BCUT2D eigenvalue weighted by molar-refractivity contribution is -0.146. The van der Waals surface area contributed by atoms with E-state index < -0.39 is 34.4 Å². The molecule has 178 valence electrons. The lowest BCUT2D eigenvalue weighted by Crippen LogP contribution is -2.22. The van der Waals surface area contributed by atoms with Crippen LogP contribution in [-0.2, 0) is 32.3 Å². The van der Waals surface area contributed by atoms with E-state index in [0.717, 1.165) is 22.1 Å². The van der Waals surface area contributed by atoms with Crippen LogP contribution in [0.1, 0.15) is 5.69 Å². The van der Waals surface area contributed by atoms with E-state index in [1.165, 1.54) is 18.2 Å². The fourth-order valence-electron chi connectivity index (χ4n) is 2.84. The molecule has 33 heavy (non-hydrogen) atoms. The number of primary sulfonamides is 1. The van der Waals surface area contributed by atoms with Gasteiger partial charge in [0, 0.05) is 11.4 Å². The second-order valence-corrected chi connectivity index (χ2v) is 9.98. The molecule has 0 saturated heterocycles. The largest absolute Gasteiger partial charge is 0.463 e. The van der Waals surface area contributed by atoms with Crippen molar-refractivity contribution in [2.45, 2.75) is 17.6 Å². The first-order valence-electron chi connectivity index (χ1n) is 9.53. The molecule has 2 aromatic heterocycles. The Morgan fingerprint density at radius 1 is 1.18 bits per heavy atom. The van der Waals surface area contributed by atoms with Crippen molar-refractivity contribution in [1.82, 2.24) is 14.7 Å². The minimum atomic E-state index is -4.70. The standard InChI is InChI=1S/C20H21F3N4O4S2/c1-26(2)8-9-31-19(28)12-27-15(11-18(25-27)20(21,22)23)17-7-6-16(32-17)13-4-3-5-14(10-13)33(24,29)30/h3-7,10-11H,8-9,12H2,1-2H3,(H2,24,29,30). The van der Waals surface area contributed by atoms with Gasteiger partial charge in [-0.1, -0.05) is 12.1 Å². The Bertz CT molecular complexity index is 1250. The van der Waals surface area contributed by atoms with Crippen LogP contribution < -0.4 is 5.14 Å². The van der Waals surface area contributed by atoms with Crippen LogP contribution in [0, 0.1) is 0 Å². The van der Waals surface area contributed by atoms with Gasteiger partial charge in [0.15, 0.2) is 5.69 Å². The highest BCUT2D eigenvalue weighted by atomic mass is 32.2. The van der Waals surface area contributed by atoms with E-state index in [1.807, 2.05) is 0 Å². The number of ether oxygens (including phenoxy) is 1. The van der Waals surface area contributed by atoms with Crippen LogP contribution in [0.25, 0.3) is 21.0 Å². The van der Waals surface area contributed by atoms with Crippen molar-refractivity contribution in [2.75, 3.05) is 27.2 Å². The van der Waals surface area contributed by atoms with Gasteiger partial charge >= 0.3 is 12.1 Å². The van der Waals surface area contributed by atoms with Crippen molar-refractivity contribution < 1.29 is 31.1 Å². The van der Waals surface area contributed by atoms with Gasteiger partial charge in [-0.2, -0.15) is 18.3 Å². The van der Waals surface area contributed by atoms with Gasteiger partial charge in [-0.3, -0.25) is 9.48 Å². The molecule has 0 aliphatic heterocycles. The molecule has 13 heteroatoms. The van der Waals surface area contributed by atoms with Crippen molar-refractivity contribution in [3.05, 3.63) is 48.2 Å². The van der Waals surface area contributed by atoms with Gasteiger partial charge < -0.3 is 9.64 Å². The van der Waals surface area contributed by atoms with E-state index >= 15 is 0 Å². The third kappa shape index (κ3) is 6.41. The molecule has 1 aromatic carbocycles. The summed E-state index contributed by atoms with van der Waals surface area (Å²) in [5, 5.41) is 8.73. The summed E-state index contributed by atoms with van der Waals surface area (Å²) in [6, 6.07) is 9.99. The Hall–Kier alpha value is -2.74. The molecule has 3 aromatic rings. The van der Waals surface area contributed by atoms with E-state index in [4.69, 9.17) is 9.88 Å². The molecule has 0 amide bonds. The summed E-state index contributed by atoms with van der Waals surface area (Å²) in [7, 11) is -0.327. The number of carbonyl (C=O) groups is 1. The number of carbonyl (C=O) groups excluding carboxylic acids is 1. The number of alkyl halides is 3. The smallest absolute Gasteiger partial charge is 0.435 e. The molecule has 3 rings (SSSR count). The summed E-state index contributed by atoms with van der Waals surface area (Å²) in [6.45, 7) is 0.0719. The number of aromatic nitrogens is 2. The highest BCUT2D eigenvalue weighted by molar-refractivity contribution is 7.89. The molecular formula is C20H21F3N4O4S2. The monoisotopic (exact) mass is 502 g/mol. The molecule has 0 aliphatic rings. The van der Waals surface area contributed by atoms with Crippen molar-refractivity contribution in [3.63, 3.8) is 0 Å². The third-order valence-electron chi connectivity index (χ3n) is 4.46. The molecule has 0 saturated carbocycles. The Morgan fingerprint density at radius 2 is 1.88 bits per heavy atom. The van der Waals surface area contributed by atoms with Gasteiger partial charge in [0.05, 0.1) is 15.5 Å². The molecular weight excluding hydrogens is 481 g/mol. The number of nitrogens with two attached hydrogens (primary N) is 1. The molecule has 8 nitrogen and oxygen atoms in total. The zero-order valence-corrected chi connectivity index (χ0v) is 19.3. The molecule has 0 fully saturated rings. The number of sulfonamides is 1. The maximum absolute atomic E-state index is 13.3. The van der Waals surface area contributed by atoms with E-state index in [2.05, 4.69) is 5.10 Å². The van der Waals surface area contributed by atoms with Crippen molar-refractivity contribution >= 4 is 27.3 Å². The summed E-state index contributed by atoms with van der Waals surface area (Å²) < 4.78 is 69.1. The van der Waals surface area contributed by atoms with Gasteiger partial charge in [0.1, 0.15) is 13.2 Å². The number of hydrogen-bond acceptors (Lipinski definition) is 7. The molecule has 2 N–H and O–H groups in total. The number of esters is 1. The lowest BCUT2D eigenvalue weighted by atomic mass is 10.2. The summed E-state index contributed by atoms with van der Waals surface area (Å²) in [6.07, 6.45) is -4.70. The van der Waals surface area contributed by atoms with E-state index in [1.54, 1.807) is 37.2 Å². The van der Waals surface area contributed by atoms with E-state index in [-0.39, 0.29) is 17.2 Å². The molecule has 0 spiro atoms. The van der Waals surface area contributed by atoms with Crippen LogP contribution in [0.2, 0.25) is 0 Å². The van der Waals surface area contributed by atoms with Gasteiger partial charge in [-0.05, 0) is 50.0 Å². The van der Waals surface area contributed by atoms with E-state index in [9.17, 15) is 26.4 Å². The topological polar surface area (TPSA) is 108 Å². The lowest BCUT2D eigenvalue weighted by Gasteiger charge is -2.10. The minimum Gasteiger partial charge on any atom is -0.463 e. The number of likely N-dealkylation sites (N-methyl/N-ethyl adjacent to an activating group) is 1. The first-order valence-corrected chi connectivity index (χ1v) is 11.9. The van der Waals surface area contributed by atoms with Crippen LogP contribution in [0.5, 0.6) is 0 Å². The van der Waals surface area contributed by atoms with Crippen LogP contribution in [0.15, 0.2) is 47.4 Å². The maximum atomic E-state index is 13.3. The Morgan fingerprint density at radius 3 is 2.52 bits per heavy atom. The number of hydrogen-bond donors (Lipinski definition) is 1. The van der Waals surface area contributed by atoms with Crippen molar-refractivity contribution in [3.8, 4) is 21.0 Å². The third-order valence-corrected chi connectivity index (χ3v) is 6.52. The van der Waals surface area contributed by atoms with Crippen molar-refractivity contribution in [2.24, 2.45) is 5.14 Å². The molecule has 0 atom stereocenters. The maximum Gasteiger partial charge on any atom is 0.435 e. The molecule has 0 unspecified atom stereocenters. The molecule has 0 bridgehead atoms. The summed E-state index contributed by atoms with van der Waals surface area (Å²) >= 11 is 1.12. The fraction of sp³-hybridized carbons (Fsp3) is 0.300. The molecule has 0 aliphatic carbocycles. The predicted molar refractivity (Wildman–Crippen MR) is 117 cm³/mol. The van der Waals surface area contributed by atoms with Crippen molar-refractivity contribution in [1.29, 1.82) is 0 Å². The molecule has 0 radical (unpaired) electrons. The average Bonchev–Trinajstić information content (AvgIpc) is 3.34. The Kier molecular flexibility index (Phi) is 7.26. The Labute approximate surface area is 192 Å². The van der Waals surface area contributed by atoms with Gasteiger partial charge in [0.25, 0.3) is 0 Å². The number of nitrogens with zero attached hydrogens (tertiary/aromatic N) is 3. The second kappa shape index (κ2) is 9.63. The summed E-state index contributed by atoms with van der Waals surface area (Å²) in [5.41, 5.74) is -0.515. The summed E-state index contributed by atoms with van der Waals surface area (Å²) in [5.74, 6) is -0.715. The zero-order valence-electron chi connectivity index (χ0n) is 17.7. The quantitative estimate of drug-likeness (QED) is 0.475. The van der Waals surface area contributed by atoms with Crippen LogP contribution in [0.4, 0.5) is 13.2 Å². The predicted octanol–water partition coefficient (Wildman–Crippen LogP) is 3.05. The molecule has 2 heterocycles. The fourth-order valence-corrected chi connectivity index (χ4v) is 4.42. The van der Waals surface area contributed by atoms with Crippen LogP contribution in [-0.4, -0.2) is 56.3 Å². The number of thiophene rings is 1.